The van der Waals surface area contributed by atoms with Gasteiger partial charge < -0.3 is 5.32 Å². The van der Waals surface area contributed by atoms with Gasteiger partial charge in [-0.2, -0.15) is 13.2 Å². The summed E-state index contributed by atoms with van der Waals surface area (Å²) in [5.74, 6) is 0. The lowest BCUT2D eigenvalue weighted by Gasteiger charge is -2.40. The molecule has 5 heteroatoms. The molecule has 0 spiro atoms. The number of rotatable bonds is 3. The van der Waals surface area contributed by atoms with Crippen LogP contribution in [-0.4, -0.2) is 42.8 Å². The summed E-state index contributed by atoms with van der Waals surface area (Å²) in [5.41, 5.74) is 0. The molecule has 0 atom stereocenters. The van der Waals surface area contributed by atoms with E-state index in [0.717, 1.165) is 0 Å². The zero-order chi connectivity index (χ0) is 10.1. The highest BCUT2D eigenvalue weighted by atomic mass is 19.4. The number of nitrogens with one attached hydrogen (secondary N) is 1. The molecule has 1 N–H and O–H groups in total. The van der Waals surface area contributed by atoms with E-state index in [2.05, 4.69) is 5.32 Å². The van der Waals surface area contributed by atoms with Crippen LogP contribution in [0.1, 0.15) is 13.8 Å². The van der Waals surface area contributed by atoms with Gasteiger partial charge in [-0.05, 0) is 0 Å². The Balaban J connectivity index is 2.12. The number of halogens is 3. The summed E-state index contributed by atoms with van der Waals surface area (Å²) >= 11 is 0. The summed E-state index contributed by atoms with van der Waals surface area (Å²) in [6.07, 6.45) is -4.05. The maximum absolute atomic E-state index is 11.9. The molecule has 0 aliphatic carbocycles. The lowest BCUT2D eigenvalue weighted by Crippen LogP contribution is -2.61. The zero-order valence-electron chi connectivity index (χ0n) is 7.86. The Kier molecular flexibility index (Phi) is 3.18. The molecule has 1 saturated heterocycles. The van der Waals surface area contributed by atoms with E-state index in [0.29, 0.717) is 19.1 Å². The van der Waals surface area contributed by atoms with Crippen molar-refractivity contribution in [2.75, 3.05) is 19.6 Å². The molecule has 0 aromatic heterocycles. The number of alkyl halides is 3. The van der Waals surface area contributed by atoms with E-state index in [-0.39, 0.29) is 6.04 Å². The molecule has 1 rings (SSSR count). The average molecular weight is 196 g/mol. The first kappa shape index (κ1) is 10.8. The van der Waals surface area contributed by atoms with Crippen LogP contribution in [0.2, 0.25) is 0 Å². The van der Waals surface area contributed by atoms with Gasteiger partial charge in [0.1, 0.15) is 0 Å². The second-order valence-corrected chi connectivity index (χ2v) is 3.83. The van der Waals surface area contributed by atoms with Gasteiger partial charge in [0, 0.05) is 25.2 Å². The monoisotopic (exact) mass is 196 g/mol. The molecule has 78 valence electrons. The van der Waals surface area contributed by atoms with Crippen molar-refractivity contribution < 1.29 is 13.2 Å². The predicted molar refractivity (Wildman–Crippen MR) is 44.6 cm³/mol. The average Bonchev–Trinajstić information content (AvgIpc) is 1.78. The van der Waals surface area contributed by atoms with Gasteiger partial charge >= 0.3 is 6.18 Å². The molecule has 0 saturated carbocycles. The van der Waals surface area contributed by atoms with Crippen LogP contribution in [0, 0.1) is 0 Å². The standard InChI is InChI=1S/C8H15F3N2/c1-6(2)12-7-3-13(4-7)5-8(9,10)11/h6-7,12H,3-5H2,1-2H3. The van der Waals surface area contributed by atoms with Crippen molar-refractivity contribution in [1.82, 2.24) is 10.2 Å². The Bertz CT molecular complexity index is 161. The molecule has 0 aromatic rings. The SMILES string of the molecule is CC(C)NC1CN(CC(F)(F)F)C1. The maximum Gasteiger partial charge on any atom is 0.401 e. The van der Waals surface area contributed by atoms with E-state index in [1.165, 1.54) is 4.90 Å². The second kappa shape index (κ2) is 3.84. The third kappa shape index (κ3) is 3.95. The van der Waals surface area contributed by atoms with Crippen molar-refractivity contribution in [3.63, 3.8) is 0 Å². The Hall–Kier alpha value is -0.290. The molecular weight excluding hydrogens is 181 g/mol. The van der Waals surface area contributed by atoms with Gasteiger partial charge in [-0.15, -0.1) is 0 Å². The minimum atomic E-state index is -4.05. The van der Waals surface area contributed by atoms with Crippen LogP contribution >= 0.6 is 0 Å². The summed E-state index contributed by atoms with van der Waals surface area (Å²) in [6.45, 7) is 4.23. The third-order valence-electron chi connectivity index (χ3n) is 1.93. The second-order valence-electron chi connectivity index (χ2n) is 3.83. The van der Waals surface area contributed by atoms with Crippen LogP contribution in [0.15, 0.2) is 0 Å². The first-order chi connectivity index (χ1) is 5.87. The molecule has 1 aliphatic rings. The van der Waals surface area contributed by atoms with Gasteiger partial charge in [0.05, 0.1) is 6.54 Å². The van der Waals surface area contributed by atoms with E-state index >= 15 is 0 Å². The fraction of sp³-hybridized carbons (Fsp3) is 1.00. The highest BCUT2D eigenvalue weighted by Crippen LogP contribution is 2.20. The Labute approximate surface area is 76.1 Å². The summed E-state index contributed by atoms with van der Waals surface area (Å²) in [7, 11) is 0. The van der Waals surface area contributed by atoms with Crippen LogP contribution in [0.25, 0.3) is 0 Å². The number of likely N-dealkylation sites (tertiary alicyclic amines) is 1. The smallest absolute Gasteiger partial charge is 0.309 e. The first-order valence-electron chi connectivity index (χ1n) is 4.42. The number of hydrogen-bond donors (Lipinski definition) is 1. The van der Waals surface area contributed by atoms with Crippen LogP contribution in [0.5, 0.6) is 0 Å². The number of nitrogens with zero attached hydrogens (tertiary/aromatic N) is 1. The van der Waals surface area contributed by atoms with Gasteiger partial charge in [0.2, 0.25) is 0 Å². The quantitative estimate of drug-likeness (QED) is 0.730. The molecule has 0 amide bonds. The van der Waals surface area contributed by atoms with Crippen molar-refractivity contribution in [1.29, 1.82) is 0 Å². The van der Waals surface area contributed by atoms with Crippen molar-refractivity contribution >= 4 is 0 Å². The fourth-order valence-electron chi connectivity index (χ4n) is 1.53. The van der Waals surface area contributed by atoms with Gasteiger partial charge in [0.25, 0.3) is 0 Å². The normalized spacial score (nSPS) is 20.8. The van der Waals surface area contributed by atoms with Gasteiger partial charge in [-0.1, -0.05) is 13.8 Å². The highest BCUT2D eigenvalue weighted by Gasteiger charge is 2.36. The highest BCUT2D eigenvalue weighted by molar-refractivity contribution is 4.87. The van der Waals surface area contributed by atoms with Crippen LogP contribution in [0.3, 0.4) is 0 Å². The van der Waals surface area contributed by atoms with Crippen molar-refractivity contribution in [2.45, 2.75) is 32.1 Å². The van der Waals surface area contributed by atoms with Gasteiger partial charge in [-0.3, -0.25) is 4.90 Å². The fourth-order valence-corrected chi connectivity index (χ4v) is 1.53. The summed E-state index contributed by atoms with van der Waals surface area (Å²) in [6, 6.07) is 0.584. The van der Waals surface area contributed by atoms with Crippen LogP contribution in [0.4, 0.5) is 13.2 Å². The molecule has 2 nitrogen and oxygen atoms in total. The van der Waals surface area contributed by atoms with E-state index in [1.54, 1.807) is 0 Å². The van der Waals surface area contributed by atoms with E-state index in [4.69, 9.17) is 0 Å². The first-order valence-corrected chi connectivity index (χ1v) is 4.42. The topological polar surface area (TPSA) is 15.3 Å². The minimum Gasteiger partial charge on any atom is -0.309 e. The molecule has 1 fully saturated rings. The molecular formula is C8H15F3N2. The van der Waals surface area contributed by atoms with E-state index < -0.39 is 12.7 Å². The van der Waals surface area contributed by atoms with Crippen LogP contribution in [-0.2, 0) is 0 Å². The van der Waals surface area contributed by atoms with Gasteiger partial charge in [0.15, 0.2) is 0 Å². The molecule has 1 aliphatic heterocycles. The molecule has 1 heterocycles. The Morgan fingerprint density at radius 2 is 1.92 bits per heavy atom. The van der Waals surface area contributed by atoms with E-state index in [1.807, 2.05) is 13.8 Å². The van der Waals surface area contributed by atoms with Gasteiger partial charge in [-0.25, -0.2) is 0 Å². The van der Waals surface area contributed by atoms with Crippen molar-refractivity contribution in [2.24, 2.45) is 0 Å². The largest absolute Gasteiger partial charge is 0.401 e. The van der Waals surface area contributed by atoms with E-state index in [9.17, 15) is 13.2 Å². The predicted octanol–water partition coefficient (Wildman–Crippen LogP) is 1.23. The Morgan fingerprint density at radius 3 is 2.31 bits per heavy atom. The summed E-state index contributed by atoms with van der Waals surface area (Å²) in [5, 5.41) is 3.19. The molecule has 0 aromatic carbocycles. The summed E-state index contributed by atoms with van der Waals surface area (Å²) in [4.78, 5) is 1.40. The zero-order valence-corrected chi connectivity index (χ0v) is 7.86. The minimum absolute atomic E-state index is 0.238. The third-order valence-corrected chi connectivity index (χ3v) is 1.93. The van der Waals surface area contributed by atoms with Crippen LogP contribution < -0.4 is 5.32 Å². The number of hydrogen-bond acceptors (Lipinski definition) is 2. The van der Waals surface area contributed by atoms with Crippen molar-refractivity contribution in [3.8, 4) is 0 Å². The lowest BCUT2D eigenvalue weighted by molar-refractivity contribution is -0.155. The molecule has 13 heavy (non-hydrogen) atoms. The molecule has 0 radical (unpaired) electrons. The maximum atomic E-state index is 11.9. The lowest BCUT2D eigenvalue weighted by atomic mass is 10.1. The summed E-state index contributed by atoms with van der Waals surface area (Å²) < 4.78 is 35.6. The Morgan fingerprint density at radius 1 is 1.38 bits per heavy atom. The van der Waals surface area contributed by atoms with Crippen molar-refractivity contribution in [3.05, 3.63) is 0 Å². The molecule has 0 unspecified atom stereocenters. The molecule has 0 bridgehead atoms.